The van der Waals surface area contributed by atoms with Gasteiger partial charge in [0.2, 0.25) is 0 Å². The maximum Gasteiger partial charge on any atom is 0.298 e. The van der Waals surface area contributed by atoms with E-state index in [0.717, 1.165) is 6.42 Å². The predicted octanol–water partition coefficient (Wildman–Crippen LogP) is 1.53. The number of halogens is 2. The Morgan fingerprint density at radius 2 is 2.00 bits per heavy atom. The van der Waals surface area contributed by atoms with Crippen LogP contribution in [0, 0.1) is 6.42 Å². The third kappa shape index (κ3) is 0.644. The van der Waals surface area contributed by atoms with Crippen LogP contribution in [0.2, 0.25) is 0 Å². The van der Waals surface area contributed by atoms with Crippen molar-refractivity contribution in [1.29, 1.82) is 0 Å². The Hall–Kier alpha value is 0.210. The summed E-state index contributed by atoms with van der Waals surface area (Å²) in [7, 11) is 0. The van der Waals surface area contributed by atoms with Gasteiger partial charge in [0.25, 0.3) is 5.25 Å². The summed E-state index contributed by atoms with van der Waals surface area (Å²) in [5.74, 6) is 0.507. The molecule has 1 aliphatic heterocycles. The molecule has 0 nitrogen and oxygen atoms in total. The second kappa shape index (κ2) is 1.09. The van der Waals surface area contributed by atoms with Gasteiger partial charge >= 0.3 is 0 Å². The lowest BCUT2D eigenvalue weighted by Crippen LogP contribution is -2.23. The monoisotopic (exact) mass is 109 g/mol. The molecule has 1 aliphatic rings. The molecule has 0 bridgehead atoms. The van der Waals surface area contributed by atoms with Crippen molar-refractivity contribution in [3.8, 4) is 0 Å². The smallest absolute Gasteiger partial charge is 0.194 e. The Kier molecular flexibility index (Phi) is 0.793. The molecular weight excluding hydrogens is 106 g/mol. The molecule has 1 rings (SSSR count). The van der Waals surface area contributed by atoms with Crippen LogP contribution in [-0.4, -0.2) is 11.0 Å². The van der Waals surface area contributed by atoms with Gasteiger partial charge < -0.3 is 0 Å². The maximum absolute atomic E-state index is 11.4. The summed E-state index contributed by atoms with van der Waals surface area (Å²) in [6, 6.07) is 0. The molecule has 1 fully saturated rings. The number of hydrogen-bond acceptors (Lipinski definition) is 1. The first-order valence-corrected chi connectivity index (χ1v) is 2.55. The third-order valence-electron chi connectivity index (χ3n) is 0.597. The van der Waals surface area contributed by atoms with Crippen molar-refractivity contribution in [1.82, 2.24) is 0 Å². The zero-order chi connectivity index (χ0) is 4.62. The van der Waals surface area contributed by atoms with E-state index in [1.165, 1.54) is 0 Å². The second-order valence-corrected chi connectivity index (χ2v) is 2.24. The van der Waals surface area contributed by atoms with Gasteiger partial charge in [0, 0.05) is 5.75 Å². The highest BCUT2D eigenvalue weighted by Crippen LogP contribution is 2.41. The summed E-state index contributed by atoms with van der Waals surface area (Å²) in [6.45, 7) is 0. The molecule has 0 N–H and O–H groups in total. The van der Waals surface area contributed by atoms with E-state index in [2.05, 4.69) is 0 Å². The Bertz CT molecular complexity index is 55.8. The summed E-state index contributed by atoms with van der Waals surface area (Å²) in [6.07, 6.45) is 0.998. The van der Waals surface area contributed by atoms with Crippen molar-refractivity contribution in [2.45, 2.75) is 5.25 Å². The lowest BCUT2D eigenvalue weighted by atomic mass is 10.5. The first-order chi connectivity index (χ1) is 2.71. The molecule has 1 saturated heterocycles. The van der Waals surface area contributed by atoms with E-state index in [0.29, 0.717) is 17.5 Å². The Morgan fingerprint density at radius 1 is 1.67 bits per heavy atom. The van der Waals surface area contributed by atoms with Crippen LogP contribution in [0.25, 0.3) is 0 Å². The number of alkyl halides is 2. The predicted molar refractivity (Wildman–Crippen MR) is 21.7 cm³/mol. The summed E-state index contributed by atoms with van der Waals surface area (Å²) in [5, 5.41) is -2.49. The molecule has 1 radical (unpaired) electrons. The minimum Gasteiger partial charge on any atom is -0.194 e. The molecule has 0 amide bonds. The van der Waals surface area contributed by atoms with E-state index in [-0.39, 0.29) is 0 Å². The molecule has 3 heteroatoms. The molecule has 0 spiro atoms. The SMILES string of the molecule is FC1(F)[CH]CS1. The number of rotatable bonds is 0. The van der Waals surface area contributed by atoms with Gasteiger partial charge in [-0.05, 0) is 0 Å². The van der Waals surface area contributed by atoms with E-state index in [1.807, 2.05) is 0 Å². The zero-order valence-corrected chi connectivity index (χ0v) is 3.77. The maximum atomic E-state index is 11.4. The van der Waals surface area contributed by atoms with Gasteiger partial charge in [0.1, 0.15) is 0 Å². The molecule has 0 aromatic heterocycles. The lowest BCUT2D eigenvalue weighted by molar-refractivity contribution is 0.133. The molecule has 1 heterocycles. The average molecular weight is 109 g/mol. The van der Waals surface area contributed by atoms with Crippen molar-refractivity contribution >= 4 is 11.8 Å². The van der Waals surface area contributed by atoms with Gasteiger partial charge in [0.05, 0.1) is 6.42 Å². The van der Waals surface area contributed by atoms with Crippen molar-refractivity contribution in [2.75, 3.05) is 5.75 Å². The van der Waals surface area contributed by atoms with Crippen molar-refractivity contribution in [2.24, 2.45) is 0 Å². The molecule has 0 unspecified atom stereocenters. The van der Waals surface area contributed by atoms with Crippen LogP contribution in [0.1, 0.15) is 0 Å². The number of thioether (sulfide) groups is 1. The number of hydrogen-bond donors (Lipinski definition) is 0. The minimum atomic E-state index is -2.49. The summed E-state index contributed by atoms with van der Waals surface area (Å²) in [4.78, 5) is 0. The van der Waals surface area contributed by atoms with E-state index in [1.54, 1.807) is 0 Å². The van der Waals surface area contributed by atoms with Gasteiger partial charge in [-0.15, -0.1) is 0 Å². The zero-order valence-electron chi connectivity index (χ0n) is 2.95. The largest absolute Gasteiger partial charge is 0.298 e. The van der Waals surface area contributed by atoms with Crippen LogP contribution in [0.5, 0.6) is 0 Å². The lowest BCUT2D eigenvalue weighted by Gasteiger charge is -2.22. The first kappa shape index (κ1) is 4.37. The van der Waals surface area contributed by atoms with E-state index >= 15 is 0 Å². The van der Waals surface area contributed by atoms with Gasteiger partial charge in [-0.1, -0.05) is 11.8 Å². The standard InChI is InChI=1S/C3H3F2S/c4-3(5)1-2-6-3/h1H,2H2. The van der Waals surface area contributed by atoms with Crippen LogP contribution in [0.15, 0.2) is 0 Å². The quantitative estimate of drug-likeness (QED) is 0.454. The Labute approximate surface area is 38.9 Å². The molecule has 6 heavy (non-hydrogen) atoms. The van der Waals surface area contributed by atoms with Crippen molar-refractivity contribution in [3.63, 3.8) is 0 Å². The van der Waals surface area contributed by atoms with Crippen molar-refractivity contribution in [3.05, 3.63) is 6.42 Å². The van der Waals surface area contributed by atoms with E-state index in [4.69, 9.17) is 0 Å². The second-order valence-electron chi connectivity index (χ2n) is 1.08. The van der Waals surface area contributed by atoms with Gasteiger partial charge in [0.15, 0.2) is 0 Å². The molecule has 0 atom stereocenters. The third-order valence-corrected chi connectivity index (χ3v) is 1.48. The molecular formula is C3H3F2S. The molecule has 0 aromatic rings. The fourth-order valence-corrected chi connectivity index (χ4v) is 0.628. The van der Waals surface area contributed by atoms with Gasteiger partial charge in [-0.2, -0.15) is 8.78 Å². The molecule has 0 aliphatic carbocycles. The van der Waals surface area contributed by atoms with E-state index < -0.39 is 5.25 Å². The fraction of sp³-hybridized carbons (Fsp3) is 0.667. The average Bonchev–Trinajstić information content (AvgIpc) is 1.32. The van der Waals surface area contributed by atoms with Crippen LogP contribution in [0.3, 0.4) is 0 Å². The molecule has 0 saturated carbocycles. The van der Waals surface area contributed by atoms with Crippen LogP contribution in [-0.2, 0) is 0 Å². The summed E-state index contributed by atoms with van der Waals surface area (Å²) >= 11 is 0.674. The fourth-order valence-electron chi connectivity index (χ4n) is 0.209. The first-order valence-electron chi connectivity index (χ1n) is 1.57. The normalized spacial score (nSPS) is 29.0. The molecule has 0 aromatic carbocycles. The van der Waals surface area contributed by atoms with Crippen LogP contribution < -0.4 is 0 Å². The summed E-state index contributed by atoms with van der Waals surface area (Å²) < 4.78 is 22.9. The Morgan fingerprint density at radius 3 is 2.00 bits per heavy atom. The van der Waals surface area contributed by atoms with Gasteiger partial charge in [-0.25, -0.2) is 0 Å². The molecule has 35 valence electrons. The highest BCUT2D eigenvalue weighted by molar-refractivity contribution is 8.02. The minimum absolute atomic E-state index is 0.507. The van der Waals surface area contributed by atoms with Crippen molar-refractivity contribution < 1.29 is 8.78 Å². The van der Waals surface area contributed by atoms with Crippen LogP contribution >= 0.6 is 11.8 Å². The highest BCUT2D eigenvalue weighted by Gasteiger charge is 2.38. The Balaban J connectivity index is 2.31. The van der Waals surface area contributed by atoms with Crippen LogP contribution in [0.4, 0.5) is 8.78 Å². The van der Waals surface area contributed by atoms with E-state index in [9.17, 15) is 8.78 Å². The summed E-state index contributed by atoms with van der Waals surface area (Å²) in [5.41, 5.74) is 0. The topological polar surface area (TPSA) is 0 Å². The highest BCUT2D eigenvalue weighted by atomic mass is 32.2. The van der Waals surface area contributed by atoms with Gasteiger partial charge in [-0.3, -0.25) is 0 Å².